The second-order valence-corrected chi connectivity index (χ2v) is 6.51. The van der Waals surface area contributed by atoms with Crippen molar-refractivity contribution < 1.29 is 9.59 Å². The van der Waals surface area contributed by atoms with E-state index in [1.165, 1.54) is 0 Å². The van der Waals surface area contributed by atoms with Crippen LogP contribution in [-0.4, -0.2) is 11.6 Å². The molecule has 0 fully saturated rings. The van der Waals surface area contributed by atoms with Gasteiger partial charge in [-0.25, -0.2) is 0 Å². The molecule has 0 aliphatic rings. The van der Waals surface area contributed by atoms with Gasteiger partial charge in [0.2, 0.25) is 0 Å². The van der Waals surface area contributed by atoms with Crippen LogP contribution >= 0.6 is 0 Å². The molecule has 0 bridgehead atoms. The highest BCUT2D eigenvalue weighted by Crippen LogP contribution is 2.35. The molecular weight excluding hydrogens is 320 g/mol. The van der Waals surface area contributed by atoms with Gasteiger partial charge >= 0.3 is 0 Å². The van der Waals surface area contributed by atoms with Crippen LogP contribution in [0.5, 0.6) is 0 Å². The number of hydrogen-bond donors (Lipinski definition) is 0. The molecule has 0 aliphatic heterocycles. The Balaban J connectivity index is 1.99. The Morgan fingerprint density at radius 3 is 1.54 bits per heavy atom. The summed E-state index contributed by atoms with van der Waals surface area (Å²) in [6.07, 6.45) is 0.202. The normalized spacial score (nSPS) is 11.9. The van der Waals surface area contributed by atoms with Gasteiger partial charge in [0, 0.05) is 23.8 Å². The van der Waals surface area contributed by atoms with Gasteiger partial charge in [-0.1, -0.05) is 91.0 Å². The fourth-order valence-electron chi connectivity index (χ4n) is 3.42. The number of carbonyl (C=O) groups is 2. The Labute approximate surface area is 154 Å². The maximum absolute atomic E-state index is 12.8. The molecule has 3 aromatic rings. The van der Waals surface area contributed by atoms with Gasteiger partial charge in [0.15, 0.2) is 5.78 Å². The predicted molar refractivity (Wildman–Crippen MR) is 104 cm³/mol. The third-order valence-electron chi connectivity index (χ3n) is 4.74. The second-order valence-electron chi connectivity index (χ2n) is 6.51. The quantitative estimate of drug-likeness (QED) is 0.546. The topological polar surface area (TPSA) is 34.1 Å². The Bertz CT molecular complexity index is 815. The number of hydrogen-bond acceptors (Lipinski definition) is 2. The lowest BCUT2D eigenvalue weighted by atomic mass is 9.76. The van der Waals surface area contributed by atoms with Gasteiger partial charge in [0.25, 0.3) is 0 Å². The van der Waals surface area contributed by atoms with Gasteiger partial charge in [-0.3, -0.25) is 9.59 Å². The van der Waals surface area contributed by atoms with Gasteiger partial charge in [-0.15, -0.1) is 0 Å². The molecule has 1 unspecified atom stereocenters. The minimum Gasteiger partial charge on any atom is -0.300 e. The first-order valence-electron chi connectivity index (χ1n) is 8.85. The Morgan fingerprint density at radius 1 is 0.692 bits per heavy atom. The van der Waals surface area contributed by atoms with Gasteiger partial charge in [0.1, 0.15) is 5.78 Å². The summed E-state index contributed by atoms with van der Waals surface area (Å²) in [5.74, 6) is -0.496. The van der Waals surface area contributed by atoms with Gasteiger partial charge in [-0.2, -0.15) is 0 Å². The first-order chi connectivity index (χ1) is 12.7. The molecule has 2 heteroatoms. The largest absolute Gasteiger partial charge is 0.300 e. The molecule has 2 nitrogen and oxygen atoms in total. The van der Waals surface area contributed by atoms with E-state index < -0.39 is 5.92 Å². The lowest BCUT2D eigenvalue weighted by Crippen LogP contribution is -2.24. The average Bonchev–Trinajstić information content (AvgIpc) is 2.69. The number of carbonyl (C=O) groups excluding carboxylic acids is 2. The first-order valence-corrected chi connectivity index (χ1v) is 8.85. The zero-order chi connectivity index (χ0) is 18.4. The Kier molecular flexibility index (Phi) is 5.75. The van der Waals surface area contributed by atoms with Crippen LogP contribution in [0.1, 0.15) is 40.7 Å². The van der Waals surface area contributed by atoms with E-state index in [1.807, 2.05) is 78.9 Å². The molecule has 0 aliphatic carbocycles. The molecule has 0 N–H and O–H groups in total. The molecule has 3 aromatic carbocycles. The van der Waals surface area contributed by atoms with Crippen LogP contribution < -0.4 is 0 Å². The summed E-state index contributed by atoms with van der Waals surface area (Å²) in [6, 6.07) is 29.1. The smallest absolute Gasteiger partial charge is 0.163 e. The van der Waals surface area contributed by atoms with Gasteiger partial charge < -0.3 is 0 Å². The summed E-state index contributed by atoms with van der Waals surface area (Å²) in [6.45, 7) is 1.59. The van der Waals surface area contributed by atoms with Crippen molar-refractivity contribution in [2.24, 2.45) is 5.92 Å². The number of Topliss-reactive ketones (excluding diaryl/α,β-unsaturated/α-hetero) is 2. The molecular formula is C24H22O2. The van der Waals surface area contributed by atoms with E-state index in [-0.39, 0.29) is 23.9 Å². The van der Waals surface area contributed by atoms with Gasteiger partial charge in [0.05, 0.1) is 0 Å². The van der Waals surface area contributed by atoms with Crippen molar-refractivity contribution in [2.45, 2.75) is 19.3 Å². The van der Waals surface area contributed by atoms with E-state index in [4.69, 9.17) is 0 Å². The summed E-state index contributed by atoms with van der Waals surface area (Å²) in [4.78, 5) is 25.3. The summed E-state index contributed by atoms with van der Waals surface area (Å²) in [5.41, 5.74) is 2.76. The van der Waals surface area contributed by atoms with Crippen molar-refractivity contribution in [3.8, 4) is 0 Å². The summed E-state index contributed by atoms with van der Waals surface area (Å²) >= 11 is 0. The van der Waals surface area contributed by atoms with E-state index in [2.05, 4.69) is 0 Å². The highest BCUT2D eigenvalue weighted by molar-refractivity contribution is 5.99. The monoisotopic (exact) mass is 342 g/mol. The average molecular weight is 342 g/mol. The van der Waals surface area contributed by atoms with Crippen LogP contribution in [0.25, 0.3) is 0 Å². The molecule has 1 atom stereocenters. The minimum absolute atomic E-state index is 0.00247. The van der Waals surface area contributed by atoms with Crippen LogP contribution in [0.15, 0.2) is 91.0 Å². The number of benzene rings is 3. The van der Waals surface area contributed by atoms with Crippen LogP contribution in [0.3, 0.4) is 0 Å². The molecule has 0 spiro atoms. The third kappa shape index (κ3) is 4.15. The van der Waals surface area contributed by atoms with Gasteiger partial charge in [-0.05, 0) is 18.1 Å². The lowest BCUT2D eigenvalue weighted by molar-refractivity contribution is -0.121. The third-order valence-corrected chi connectivity index (χ3v) is 4.74. The minimum atomic E-state index is -0.396. The van der Waals surface area contributed by atoms with E-state index in [0.29, 0.717) is 5.56 Å². The molecule has 0 saturated heterocycles. The summed E-state index contributed by atoms with van der Waals surface area (Å²) in [7, 11) is 0. The van der Waals surface area contributed by atoms with Crippen molar-refractivity contribution in [2.75, 3.05) is 0 Å². The molecule has 0 saturated carbocycles. The van der Waals surface area contributed by atoms with Crippen molar-refractivity contribution >= 4 is 11.6 Å². The molecule has 0 amide bonds. The van der Waals surface area contributed by atoms with Crippen molar-refractivity contribution in [1.82, 2.24) is 0 Å². The van der Waals surface area contributed by atoms with E-state index in [0.717, 1.165) is 11.1 Å². The van der Waals surface area contributed by atoms with E-state index >= 15 is 0 Å². The lowest BCUT2D eigenvalue weighted by Gasteiger charge is -2.26. The molecule has 130 valence electrons. The zero-order valence-electron chi connectivity index (χ0n) is 14.8. The highest BCUT2D eigenvalue weighted by atomic mass is 16.1. The molecule has 0 heterocycles. The highest BCUT2D eigenvalue weighted by Gasteiger charge is 2.30. The molecule has 3 rings (SSSR count). The van der Waals surface area contributed by atoms with Crippen LogP contribution in [0.4, 0.5) is 0 Å². The summed E-state index contributed by atoms with van der Waals surface area (Å²) in [5, 5.41) is 0. The maximum Gasteiger partial charge on any atom is 0.163 e. The SMILES string of the molecule is CC(=O)C(CC(=O)c1ccccc1)C(c1ccccc1)c1ccccc1. The van der Waals surface area contributed by atoms with Crippen LogP contribution in [0.2, 0.25) is 0 Å². The summed E-state index contributed by atoms with van der Waals surface area (Å²) < 4.78 is 0. The van der Waals surface area contributed by atoms with Crippen molar-refractivity contribution in [3.63, 3.8) is 0 Å². The Hall–Kier alpha value is -3.00. The van der Waals surface area contributed by atoms with E-state index in [1.54, 1.807) is 19.1 Å². The maximum atomic E-state index is 12.8. The van der Waals surface area contributed by atoms with Crippen molar-refractivity contribution in [1.29, 1.82) is 0 Å². The van der Waals surface area contributed by atoms with Crippen molar-refractivity contribution in [3.05, 3.63) is 108 Å². The Morgan fingerprint density at radius 2 is 1.12 bits per heavy atom. The fraction of sp³-hybridized carbons (Fsp3) is 0.167. The molecule has 26 heavy (non-hydrogen) atoms. The number of ketones is 2. The number of rotatable bonds is 7. The van der Waals surface area contributed by atoms with Crippen LogP contribution in [0, 0.1) is 5.92 Å². The fourth-order valence-corrected chi connectivity index (χ4v) is 3.42. The van der Waals surface area contributed by atoms with E-state index in [9.17, 15) is 9.59 Å². The first kappa shape index (κ1) is 17.8. The molecule has 0 aromatic heterocycles. The zero-order valence-corrected chi connectivity index (χ0v) is 14.8. The standard InChI is InChI=1S/C24H22O2/c1-18(25)22(17-23(26)19-11-5-2-6-12-19)24(20-13-7-3-8-14-20)21-15-9-4-10-16-21/h2-16,22,24H,17H2,1H3. The predicted octanol–water partition coefficient (Wildman–Crippen LogP) is 5.30. The van der Waals surface area contributed by atoms with Crippen LogP contribution in [-0.2, 0) is 4.79 Å². The second kappa shape index (κ2) is 8.39. The molecule has 0 radical (unpaired) electrons.